The van der Waals surface area contributed by atoms with Gasteiger partial charge in [0.25, 0.3) is 5.91 Å². The van der Waals surface area contributed by atoms with Crippen LogP contribution < -0.4 is 10.2 Å². The molecule has 1 atom stereocenters. The van der Waals surface area contributed by atoms with Crippen LogP contribution in [0.1, 0.15) is 12.0 Å². The van der Waals surface area contributed by atoms with E-state index in [1.54, 1.807) is 7.11 Å². The van der Waals surface area contributed by atoms with E-state index >= 15 is 0 Å². The Morgan fingerprint density at radius 3 is 2.80 bits per heavy atom. The molecule has 0 radical (unpaired) electrons. The Hall–Kier alpha value is -2.36. The lowest BCUT2D eigenvalue weighted by Crippen LogP contribution is -2.25. The highest BCUT2D eigenvalue weighted by atomic mass is 16.5. The Kier molecular flexibility index (Phi) is 3.37. The molecule has 0 saturated heterocycles. The van der Waals surface area contributed by atoms with Crippen molar-refractivity contribution in [3.63, 3.8) is 0 Å². The van der Waals surface area contributed by atoms with E-state index < -0.39 is 0 Å². The molecule has 0 spiro atoms. The smallest absolute Gasteiger partial charge is 0.253 e. The Labute approximate surface area is 117 Å². The van der Waals surface area contributed by atoms with Crippen LogP contribution in [0.25, 0.3) is 0 Å². The van der Waals surface area contributed by atoms with Crippen molar-refractivity contribution in [1.82, 2.24) is 5.43 Å². The molecule has 4 nitrogen and oxygen atoms in total. The number of rotatable bonds is 4. The number of aryl methyl sites for hydroxylation is 1. The zero-order valence-electron chi connectivity index (χ0n) is 11.3. The lowest BCUT2D eigenvalue weighted by atomic mass is 9.86. The molecule has 1 aromatic carbocycles. The maximum Gasteiger partial charge on any atom is 0.253 e. The minimum atomic E-state index is -0.196. The van der Waals surface area contributed by atoms with E-state index in [0.29, 0.717) is 0 Å². The Bertz CT molecular complexity index is 612. The first kappa shape index (κ1) is 12.7. The second-order valence-electron chi connectivity index (χ2n) is 4.89. The number of ether oxygens (including phenoxy) is 1. The first-order valence-electron chi connectivity index (χ1n) is 6.65. The zero-order chi connectivity index (χ0) is 13.9. The van der Waals surface area contributed by atoms with Crippen LogP contribution >= 0.6 is 0 Å². The summed E-state index contributed by atoms with van der Waals surface area (Å²) in [6, 6.07) is 8.03. The van der Waals surface area contributed by atoms with Crippen molar-refractivity contribution in [2.24, 2.45) is 11.0 Å². The fraction of sp³-hybridized carbons (Fsp3) is 0.250. The van der Waals surface area contributed by atoms with Gasteiger partial charge in [-0.1, -0.05) is 29.9 Å². The number of fused-ring (bicyclic) bond motifs is 1. The van der Waals surface area contributed by atoms with Gasteiger partial charge in [0.2, 0.25) is 0 Å². The standard InChI is InChI=1S/C16H16N2O2/c1-20-13-9-6-11(7-10-13)5-8-12-3-2-4-14-15(12)16(19)18-17-14/h2-4,6-7,9-10,15H,5,8H2,1H3,(H,18,19). The third kappa shape index (κ3) is 2.37. The van der Waals surface area contributed by atoms with E-state index in [9.17, 15) is 4.79 Å². The molecule has 1 amide bonds. The van der Waals surface area contributed by atoms with Gasteiger partial charge in [-0.3, -0.25) is 4.79 Å². The van der Waals surface area contributed by atoms with Crippen molar-refractivity contribution < 1.29 is 9.53 Å². The molecule has 0 aromatic heterocycles. The summed E-state index contributed by atoms with van der Waals surface area (Å²) in [6.45, 7) is 0. The lowest BCUT2D eigenvalue weighted by Gasteiger charge is -2.16. The normalized spacial score (nSPS) is 20.1. The highest BCUT2D eigenvalue weighted by molar-refractivity contribution is 6.16. The summed E-state index contributed by atoms with van der Waals surface area (Å²) >= 11 is 0. The zero-order valence-corrected chi connectivity index (χ0v) is 11.3. The Morgan fingerprint density at radius 2 is 2.05 bits per heavy atom. The molecule has 3 rings (SSSR count). The average molecular weight is 268 g/mol. The van der Waals surface area contributed by atoms with Crippen LogP contribution in [0.5, 0.6) is 5.75 Å². The topological polar surface area (TPSA) is 50.7 Å². The summed E-state index contributed by atoms with van der Waals surface area (Å²) < 4.78 is 5.15. The quantitative estimate of drug-likeness (QED) is 0.910. The van der Waals surface area contributed by atoms with Crippen molar-refractivity contribution in [2.75, 3.05) is 7.11 Å². The van der Waals surface area contributed by atoms with Gasteiger partial charge in [-0.05, 0) is 36.6 Å². The summed E-state index contributed by atoms with van der Waals surface area (Å²) in [5.41, 5.74) is 5.72. The second-order valence-corrected chi connectivity index (χ2v) is 4.89. The molecule has 0 bridgehead atoms. The first-order valence-corrected chi connectivity index (χ1v) is 6.65. The molecule has 2 aliphatic rings. The van der Waals surface area contributed by atoms with Gasteiger partial charge >= 0.3 is 0 Å². The van der Waals surface area contributed by atoms with Crippen molar-refractivity contribution >= 4 is 11.6 Å². The average Bonchev–Trinajstić information content (AvgIpc) is 2.88. The molecule has 0 saturated carbocycles. The molecule has 1 aromatic rings. The number of methoxy groups -OCH3 is 1. The molecule has 1 aliphatic heterocycles. The van der Waals surface area contributed by atoms with Crippen LogP contribution in [0.3, 0.4) is 0 Å². The number of nitrogens with one attached hydrogen (secondary N) is 1. The van der Waals surface area contributed by atoms with Gasteiger partial charge < -0.3 is 4.74 Å². The molecule has 1 aliphatic carbocycles. The van der Waals surface area contributed by atoms with Crippen molar-refractivity contribution in [1.29, 1.82) is 0 Å². The van der Waals surface area contributed by atoms with E-state index in [2.05, 4.69) is 22.7 Å². The summed E-state index contributed by atoms with van der Waals surface area (Å²) in [7, 11) is 1.66. The summed E-state index contributed by atoms with van der Waals surface area (Å²) in [6.07, 6.45) is 7.63. The van der Waals surface area contributed by atoms with Crippen LogP contribution in [0.4, 0.5) is 0 Å². The maximum atomic E-state index is 11.8. The van der Waals surface area contributed by atoms with Crippen LogP contribution in [-0.4, -0.2) is 18.7 Å². The predicted octanol–water partition coefficient (Wildman–Crippen LogP) is 2.23. The van der Waals surface area contributed by atoms with Gasteiger partial charge in [-0.15, -0.1) is 0 Å². The molecule has 20 heavy (non-hydrogen) atoms. The molecular formula is C16H16N2O2. The Balaban J connectivity index is 1.68. The van der Waals surface area contributed by atoms with Crippen LogP contribution in [-0.2, 0) is 11.2 Å². The minimum Gasteiger partial charge on any atom is -0.497 e. The fourth-order valence-electron chi connectivity index (χ4n) is 2.55. The van der Waals surface area contributed by atoms with E-state index in [0.717, 1.165) is 29.9 Å². The molecule has 1 unspecified atom stereocenters. The SMILES string of the molecule is COc1ccc(CCC2=CC=CC3=NNC(=O)C23)cc1. The van der Waals surface area contributed by atoms with Gasteiger partial charge in [0, 0.05) is 0 Å². The van der Waals surface area contributed by atoms with Crippen molar-refractivity contribution in [3.8, 4) is 5.75 Å². The molecule has 0 fully saturated rings. The van der Waals surface area contributed by atoms with Gasteiger partial charge in [0.1, 0.15) is 11.7 Å². The minimum absolute atomic E-state index is 0.0228. The summed E-state index contributed by atoms with van der Waals surface area (Å²) in [4.78, 5) is 11.8. The largest absolute Gasteiger partial charge is 0.497 e. The highest BCUT2D eigenvalue weighted by Crippen LogP contribution is 2.26. The van der Waals surface area contributed by atoms with E-state index in [1.807, 2.05) is 30.4 Å². The van der Waals surface area contributed by atoms with Gasteiger partial charge in [0.15, 0.2) is 0 Å². The highest BCUT2D eigenvalue weighted by Gasteiger charge is 2.32. The molecule has 4 heteroatoms. The number of benzene rings is 1. The van der Waals surface area contributed by atoms with Crippen LogP contribution in [0.15, 0.2) is 53.2 Å². The third-order valence-electron chi connectivity index (χ3n) is 3.66. The monoisotopic (exact) mass is 268 g/mol. The van der Waals surface area contributed by atoms with E-state index in [4.69, 9.17) is 4.74 Å². The predicted molar refractivity (Wildman–Crippen MR) is 77.6 cm³/mol. The molecule has 102 valence electrons. The number of carbonyl (C=O) groups excluding carboxylic acids is 1. The maximum absolute atomic E-state index is 11.8. The Morgan fingerprint density at radius 1 is 1.25 bits per heavy atom. The lowest BCUT2D eigenvalue weighted by molar-refractivity contribution is -0.121. The van der Waals surface area contributed by atoms with Crippen molar-refractivity contribution in [3.05, 3.63) is 53.6 Å². The third-order valence-corrected chi connectivity index (χ3v) is 3.66. The number of nitrogens with zero attached hydrogens (tertiary/aromatic N) is 1. The molecule has 1 heterocycles. The molecular weight excluding hydrogens is 252 g/mol. The van der Waals surface area contributed by atoms with Crippen molar-refractivity contribution in [2.45, 2.75) is 12.8 Å². The summed E-state index contributed by atoms with van der Waals surface area (Å²) in [5, 5.41) is 4.04. The summed E-state index contributed by atoms with van der Waals surface area (Å²) in [5.74, 6) is 0.640. The van der Waals surface area contributed by atoms with Crippen LogP contribution in [0.2, 0.25) is 0 Å². The molecule has 1 N–H and O–H groups in total. The van der Waals surface area contributed by atoms with E-state index in [1.165, 1.54) is 5.56 Å². The number of hydrazone groups is 1. The van der Waals surface area contributed by atoms with Gasteiger partial charge in [-0.2, -0.15) is 5.10 Å². The number of hydrogen-bond acceptors (Lipinski definition) is 3. The number of hydrogen-bond donors (Lipinski definition) is 1. The van der Waals surface area contributed by atoms with E-state index in [-0.39, 0.29) is 11.8 Å². The fourth-order valence-corrected chi connectivity index (χ4v) is 2.55. The number of allylic oxidation sites excluding steroid dienone is 3. The second kappa shape index (κ2) is 5.33. The van der Waals surface area contributed by atoms with Crippen LogP contribution in [0, 0.1) is 5.92 Å². The van der Waals surface area contributed by atoms with Gasteiger partial charge in [0.05, 0.1) is 12.8 Å². The number of carbonyl (C=O) groups is 1. The first-order chi connectivity index (χ1) is 9.78. The van der Waals surface area contributed by atoms with Gasteiger partial charge in [-0.25, -0.2) is 5.43 Å². The number of amides is 1.